The van der Waals surface area contributed by atoms with Gasteiger partial charge in [0.1, 0.15) is 0 Å². The maximum Gasteiger partial charge on any atom is 0.303 e. The van der Waals surface area contributed by atoms with E-state index in [2.05, 4.69) is 25.7 Å². The Morgan fingerprint density at radius 3 is 2.55 bits per heavy atom. The Morgan fingerprint density at radius 1 is 1.27 bits per heavy atom. The number of hydrogen-bond acceptors (Lipinski definition) is 6. The van der Waals surface area contributed by atoms with Crippen molar-refractivity contribution in [3.05, 3.63) is 0 Å². The summed E-state index contributed by atoms with van der Waals surface area (Å²) >= 11 is 0. The van der Waals surface area contributed by atoms with Crippen LogP contribution in [0.25, 0.3) is 0 Å². The number of nitrogens with one attached hydrogen (secondary N) is 1. The van der Waals surface area contributed by atoms with E-state index in [0.717, 1.165) is 31.9 Å². The first-order chi connectivity index (χ1) is 10.6. The molecule has 0 radical (unpaired) electrons. The minimum absolute atomic E-state index is 0.00386. The van der Waals surface area contributed by atoms with Crippen molar-refractivity contribution in [2.75, 3.05) is 18.0 Å². The number of anilines is 1. The largest absolute Gasteiger partial charge is 0.481 e. The highest BCUT2D eigenvalue weighted by molar-refractivity contribution is 5.76. The molecule has 1 aromatic heterocycles. The van der Waals surface area contributed by atoms with Crippen LogP contribution in [0.5, 0.6) is 0 Å². The molecular weight excluding hydrogens is 288 g/mol. The topological polar surface area (TPSA) is 113 Å². The third-order valence-electron chi connectivity index (χ3n) is 3.79. The van der Waals surface area contributed by atoms with Crippen LogP contribution >= 0.6 is 0 Å². The number of carboxylic acids is 1. The molecule has 1 aromatic rings. The van der Waals surface area contributed by atoms with Crippen molar-refractivity contribution in [2.45, 2.75) is 44.6 Å². The van der Waals surface area contributed by atoms with E-state index in [-0.39, 0.29) is 18.4 Å². The number of rotatable bonds is 7. The molecule has 9 heteroatoms. The number of unbranched alkanes of at least 4 members (excludes halogenated alkanes) is 1. The van der Waals surface area contributed by atoms with Crippen molar-refractivity contribution >= 4 is 17.8 Å². The number of carbonyl (C=O) groups excluding carboxylic acids is 1. The number of piperidine rings is 1. The highest BCUT2D eigenvalue weighted by Gasteiger charge is 2.23. The van der Waals surface area contributed by atoms with Gasteiger partial charge in [0.15, 0.2) is 0 Å². The third kappa shape index (κ3) is 4.68. The quantitative estimate of drug-likeness (QED) is 0.678. The first-order valence-corrected chi connectivity index (χ1v) is 7.54. The van der Waals surface area contributed by atoms with Crippen LogP contribution in [0.4, 0.5) is 5.95 Å². The maximum atomic E-state index is 11.8. The van der Waals surface area contributed by atoms with E-state index < -0.39 is 5.97 Å². The van der Waals surface area contributed by atoms with Crippen LogP contribution in [-0.4, -0.2) is 56.3 Å². The van der Waals surface area contributed by atoms with Gasteiger partial charge in [-0.15, -0.1) is 0 Å². The lowest BCUT2D eigenvalue weighted by molar-refractivity contribution is -0.137. The number of tetrazole rings is 1. The number of nitrogens with zero attached hydrogens (tertiary/aromatic N) is 5. The molecule has 0 saturated carbocycles. The molecule has 22 heavy (non-hydrogen) atoms. The van der Waals surface area contributed by atoms with Gasteiger partial charge in [0, 0.05) is 39.0 Å². The van der Waals surface area contributed by atoms with Crippen LogP contribution in [0.2, 0.25) is 0 Å². The Morgan fingerprint density at radius 2 is 1.95 bits per heavy atom. The monoisotopic (exact) mass is 310 g/mol. The first kappa shape index (κ1) is 16.2. The molecule has 2 heterocycles. The van der Waals surface area contributed by atoms with Crippen LogP contribution in [0.3, 0.4) is 0 Å². The number of amides is 1. The number of carbonyl (C=O) groups is 2. The van der Waals surface area contributed by atoms with Gasteiger partial charge in [-0.2, -0.15) is 0 Å². The van der Waals surface area contributed by atoms with Gasteiger partial charge in [-0.3, -0.25) is 9.59 Å². The van der Waals surface area contributed by atoms with Gasteiger partial charge >= 0.3 is 5.97 Å². The zero-order chi connectivity index (χ0) is 15.9. The number of hydrogen-bond donors (Lipinski definition) is 2. The van der Waals surface area contributed by atoms with E-state index in [1.54, 1.807) is 11.7 Å². The van der Waals surface area contributed by atoms with E-state index in [0.29, 0.717) is 19.3 Å². The van der Waals surface area contributed by atoms with Crippen molar-refractivity contribution < 1.29 is 14.7 Å². The average molecular weight is 310 g/mol. The number of aryl methyl sites for hydroxylation is 1. The van der Waals surface area contributed by atoms with E-state index in [1.807, 2.05) is 0 Å². The summed E-state index contributed by atoms with van der Waals surface area (Å²) in [5.74, 6) is -0.0614. The van der Waals surface area contributed by atoms with E-state index in [9.17, 15) is 9.59 Å². The molecule has 1 aliphatic rings. The molecule has 0 aromatic carbocycles. The van der Waals surface area contributed by atoms with Crippen molar-refractivity contribution in [1.82, 2.24) is 25.5 Å². The second-order valence-corrected chi connectivity index (χ2v) is 5.53. The predicted molar refractivity (Wildman–Crippen MR) is 78.3 cm³/mol. The predicted octanol–water partition coefficient (Wildman–Crippen LogP) is -0.0599. The summed E-state index contributed by atoms with van der Waals surface area (Å²) in [7, 11) is 1.81. The van der Waals surface area contributed by atoms with E-state index >= 15 is 0 Å². The fraction of sp³-hybridized carbons (Fsp3) is 0.769. The van der Waals surface area contributed by atoms with Gasteiger partial charge in [0.25, 0.3) is 0 Å². The van der Waals surface area contributed by atoms with Gasteiger partial charge in [-0.1, -0.05) is 5.10 Å². The van der Waals surface area contributed by atoms with E-state index in [1.165, 1.54) is 0 Å². The summed E-state index contributed by atoms with van der Waals surface area (Å²) in [5, 5.41) is 23.0. The highest BCUT2D eigenvalue weighted by atomic mass is 16.4. The van der Waals surface area contributed by atoms with Crippen molar-refractivity contribution in [3.63, 3.8) is 0 Å². The van der Waals surface area contributed by atoms with Crippen molar-refractivity contribution in [1.29, 1.82) is 0 Å². The molecule has 2 rings (SSSR count). The van der Waals surface area contributed by atoms with Gasteiger partial charge in [-0.25, -0.2) is 4.68 Å². The van der Waals surface area contributed by atoms with E-state index in [4.69, 9.17) is 5.11 Å². The van der Waals surface area contributed by atoms with Gasteiger partial charge in [0.05, 0.1) is 0 Å². The van der Waals surface area contributed by atoms with Crippen LogP contribution < -0.4 is 10.2 Å². The minimum Gasteiger partial charge on any atom is -0.481 e. The normalized spacial score (nSPS) is 15.8. The molecule has 1 aliphatic heterocycles. The van der Waals surface area contributed by atoms with Crippen LogP contribution in [0.1, 0.15) is 38.5 Å². The molecule has 0 spiro atoms. The summed E-state index contributed by atoms with van der Waals surface area (Å²) in [5.41, 5.74) is 0. The van der Waals surface area contributed by atoms with Crippen LogP contribution in [-0.2, 0) is 16.6 Å². The minimum atomic E-state index is -0.814. The Kier molecular flexibility index (Phi) is 5.68. The molecule has 0 aliphatic carbocycles. The van der Waals surface area contributed by atoms with Crippen molar-refractivity contribution in [3.8, 4) is 0 Å². The SMILES string of the molecule is Cn1nnnc1N1CCC(NC(=O)CCCCC(=O)O)CC1. The van der Waals surface area contributed by atoms with Crippen LogP contribution in [0.15, 0.2) is 0 Å². The molecule has 0 bridgehead atoms. The first-order valence-electron chi connectivity index (χ1n) is 7.54. The second-order valence-electron chi connectivity index (χ2n) is 5.53. The molecule has 2 N–H and O–H groups in total. The van der Waals surface area contributed by atoms with Crippen LogP contribution in [0, 0.1) is 0 Å². The average Bonchev–Trinajstić information content (AvgIpc) is 2.90. The lowest BCUT2D eigenvalue weighted by atomic mass is 10.0. The van der Waals surface area contributed by atoms with Gasteiger partial charge in [0.2, 0.25) is 11.9 Å². The second kappa shape index (κ2) is 7.71. The summed E-state index contributed by atoms with van der Waals surface area (Å²) < 4.78 is 1.64. The lowest BCUT2D eigenvalue weighted by Crippen LogP contribution is -2.45. The molecule has 0 atom stereocenters. The third-order valence-corrected chi connectivity index (χ3v) is 3.79. The zero-order valence-electron chi connectivity index (χ0n) is 12.7. The Labute approximate surface area is 128 Å². The summed E-state index contributed by atoms with van der Waals surface area (Å²) in [6.45, 7) is 1.61. The number of aromatic nitrogens is 4. The molecule has 1 saturated heterocycles. The molecule has 122 valence electrons. The molecular formula is C13H22N6O3. The molecule has 9 nitrogen and oxygen atoms in total. The molecule has 1 fully saturated rings. The fourth-order valence-electron chi connectivity index (χ4n) is 2.58. The smallest absolute Gasteiger partial charge is 0.303 e. The Balaban J connectivity index is 1.66. The summed E-state index contributed by atoms with van der Waals surface area (Å²) in [6.07, 6.45) is 3.38. The van der Waals surface area contributed by atoms with Gasteiger partial charge < -0.3 is 15.3 Å². The number of aliphatic carboxylic acids is 1. The Hall–Kier alpha value is -2.19. The van der Waals surface area contributed by atoms with Gasteiger partial charge in [-0.05, 0) is 36.1 Å². The summed E-state index contributed by atoms with van der Waals surface area (Å²) in [6, 6.07) is 0.171. The summed E-state index contributed by atoms with van der Waals surface area (Å²) in [4.78, 5) is 24.3. The standard InChI is InChI=1S/C13H22N6O3/c1-18-13(15-16-17-18)19-8-6-10(7-9-19)14-11(20)4-2-3-5-12(21)22/h10H,2-9H2,1H3,(H,14,20)(H,21,22). The lowest BCUT2D eigenvalue weighted by Gasteiger charge is -2.32. The molecule has 0 unspecified atom stereocenters. The number of carboxylic acid groups (broad SMARTS) is 1. The zero-order valence-corrected chi connectivity index (χ0v) is 12.7. The maximum absolute atomic E-state index is 11.8. The highest BCUT2D eigenvalue weighted by Crippen LogP contribution is 2.16. The fourth-order valence-corrected chi connectivity index (χ4v) is 2.58. The Bertz CT molecular complexity index is 510. The molecule has 1 amide bonds. The van der Waals surface area contributed by atoms with Crippen molar-refractivity contribution in [2.24, 2.45) is 7.05 Å².